The summed E-state index contributed by atoms with van der Waals surface area (Å²) in [7, 11) is 3.11. The molecule has 132 valence electrons. The molecule has 0 aliphatic rings. The Kier molecular flexibility index (Phi) is 6.83. The zero-order valence-corrected chi connectivity index (χ0v) is 14.2. The van der Waals surface area contributed by atoms with Gasteiger partial charge in [-0.3, -0.25) is 0 Å². The third kappa shape index (κ3) is 5.53. The van der Waals surface area contributed by atoms with Crippen molar-refractivity contribution in [1.82, 2.24) is 0 Å². The molecule has 0 fully saturated rings. The summed E-state index contributed by atoms with van der Waals surface area (Å²) < 4.78 is 20.3. The number of rotatable bonds is 8. The van der Waals surface area contributed by atoms with Gasteiger partial charge in [-0.2, -0.15) is 0 Å². The molecular weight excluding hydrogens is 324 g/mol. The molecule has 0 radical (unpaired) electrons. The summed E-state index contributed by atoms with van der Waals surface area (Å²) in [6, 6.07) is 13.3. The van der Waals surface area contributed by atoms with Crippen LogP contribution in [0.1, 0.15) is 27.1 Å². The zero-order valence-electron chi connectivity index (χ0n) is 14.2. The Bertz CT molecular complexity index is 629. The second-order valence-electron chi connectivity index (χ2n) is 5.08. The SMILES string of the molecule is COc1ccc(C(=O)OCCCOC(=O)c2ccc(OC)cc2)cc1. The zero-order chi connectivity index (χ0) is 18.1. The quantitative estimate of drug-likeness (QED) is 0.541. The molecular formula is C19H20O6. The van der Waals surface area contributed by atoms with Crippen LogP contribution in [0.15, 0.2) is 48.5 Å². The van der Waals surface area contributed by atoms with E-state index in [0.29, 0.717) is 29.0 Å². The van der Waals surface area contributed by atoms with Crippen molar-refractivity contribution >= 4 is 11.9 Å². The molecule has 25 heavy (non-hydrogen) atoms. The van der Waals surface area contributed by atoms with E-state index in [4.69, 9.17) is 18.9 Å². The maximum absolute atomic E-state index is 11.8. The third-order valence-electron chi connectivity index (χ3n) is 3.41. The van der Waals surface area contributed by atoms with Crippen molar-refractivity contribution in [2.75, 3.05) is 27.4 Å². The van der Waals surface area contributed by atoms with Crippen LogP contribution in [0, 0.1) is 0 Å². The van der Waals surface area contributed by atoms with Gasteiger partial charge in [0.15, 0.2) is 0 Å². The highest BCUT2D eigenvalue weighted by atomic mass is 16.5. The molecule has 2 aromatic rings. The molecule has 0 saturated carbocycles. The molecule has 0 aliphatic carbocycles. The fourth-order valence-corrected chi connectivity index (χ4v) is 2.01. The van der Waals surface area contributed by atoms with Gasteiger partial charge in [-0.25, -0.2) is 9.59 Å². The van der Waals surface area contributed by atoms with E-state index in [1.165, 1.54) is 0 Å². The molecule has 2 aromatic carbocycles. The van der Waals surface area contributed by atoms with Gasteiger partial charge in [0.1, 0.15) is 11.5 Å². The highest BCUT2D eigenvalue weighted by Crippen LogP contribution is 2.13. The molecule has 6 heteroatoms. The van der Waals surface area contributed by atoms with Gasteiger partial charge in [-0.15, -0.1) is 0 Å². The molecule has 0 saturated heterocycles. The highest BCUT2D eigenvalue weighted by molar-refractivity contribution is 5.90. The van der Waals surface area contributed by atoms with Crippen molar-refractivity contribution in [2.24, 2.45) is 0 Å². The number of methoxy groups -OCH3 is 2. The molecule has 0 N–H and O–H groups in total. The second kappa shape index (κ2) is 9.32. The Balaban J connectivity index is 1.68. The van der Waals surface area contributed by atoms with Crippen molar-refractivity contribution < 1.29 is 28.5 Å². The van der Waals surface area contributed by atoms with Gasteiger partial charge >= 0.3 is 11.9 Å². The third-order valence-corrected chi connectivity index (χ3v) is 3.41. The van der Waals surface area contributed by atoms with Crippen LogP contribution in [-0.4, -0.2) is 39.4 Å². The van der Waals surface area contributed by atoms with E-state index in [2.05, 4.69) is 0 Å². The standard InChI is InChI=1S/C19H20O6/c1-22-16-8-4-14(5-9-16)18(20)24-12-3-13-25-19(21)15-6-10-17(23-2)11-7-15/h4-11H,3,12-13H2,1-2H3. The van der Waals surface area contributed by atoms with E-state index in [9.17, 15) is 9.59 Å². The largest absolute Gasteiger partial charge is 0.497 e. The fraction of sp³-hybridized carbons (Fsp3) is 0.263. The van der Waals surface area contributed by atoms with Crippen LogP contribution in [-0.2, 0) is 9.47 Å². The summed E-state index contributed by atoms with van der Waals surface area (Å²) in [5.41, 5.74) is 0.882. The minimum atomic E-state index is -0.427. The monoisotopic (exact) mass is 344 g/mol. The lowest BCUT2D eigenvalue weighted by atomic mass is 10.2. The van der Waals surface area contributed by atoms with Gasteiger partial charge in [0.2, 0.25) is 0 Å². The molecule has 0 atom stereocenters. The lowest BCUT2D eigenvalue weighted by molar-refractivity contribution is 0.0396. The molecule has 0 aromatic heterocycles. The number of carbonyl (C=O) groups is 2. The number of esters is 2. The molecule has 0 bridgehead atoms. The summed E-state index contributed by atoms with van der Waals surface area (Å²) in [6.07, 6.45) is 0.420. The van der Waals surface area contributed by atoms with Crippen molar-refractivity contribution in [3.63, 3.8) is 0 Å². The molecule has 0 heterocycles. The van der Waals surface area contributed by atoms with E-state index < -0.39 is 11.9 Å². The smallest absolute Gasteiger partial charge is 0.338 e. The Labute approximate surface area is 146 Å². The predicted octanol–water partition coefficient (Wildman–Crippen LogP) is 3.11. The van der Waals surface area contributed by atoms with E-state index in [1.54, 1.807) is 62.8 Å². The van der Waals surface area contributed by atoms with Gasteiger partial charge in [0, 0.05) is 6.42 Å². The summed E-state index contributed by atoms with van der Waals surface area (Å²) >= 11 is 0. The number of ether oxygens (including phenoxy) is 4. The lowest BCUT2D eigenvalue weighted by Gasteiger charge is -2.07. The number of carbonyl (C=O) groups excluding carboxylic acids is 2. The van der Waals surface area contributed by atoms with Crippen LogP contribution in [0.25, 0.3) is 0 Å². The van der Waals surface area contributed by atoms with Gasteiger partial charge < -0.3 is 18.9 Å². The molecule has 6 nitrogen and oxygen atoms in total. The van der Waals surface area contributed by atoms with Crippen LogP contribution in [0.4, 0.5) is 0 Å². The van der Waals surface area contributed by atoms with Crippen molar-refractivity contribution in [1.29, 1.82) is 0 Å². The van der Waals surface area contributed by atoms with E-state index in [-0.39, 0.29) is 13.2 Å². The minimum absolute atomic E-state index is 0.167. The van der Waals surface area contributed by atoms with E-state index in [0.717, 1.165) is 0 Å². The van der Waals surface area contributed by atoms with Gasteiger partial charge in [-0.1, -0.05) is 0 Å². The first-order valence-electron chi connectivity index (χ1n) is 7.76. The van der Waals surface area contributed by atoms with E-state index in [1.807, 2.05) is 0 Å². The lowest BCUT2D eigenvalue weighted by Crippen LogP contribution is -2.11. The van der Waals surface area contributed by atoms with Crippen molar-refractivity contribution in [3.05, 3.63) is 59.7 Å². The van der Waals surface area contributed by atoms with Crippen LogP contribution in [0.3, 0.4) is 0 Å². The molecule has 2 rings (SSSR count). The summed E-state index contributed by atoms with van der Waals surface area (Å²) in [4.78, 5) is 23.7. The summed E-state index contributed by atoms with van der Waals surface area (Å²) in [5, 5.41) is 0. The first-order chi connectivity index (χ1) is 12.1. The number of hydrogen-bond acceptors (Lipinski definition) is 6. The molecule has 0 aliphatic heterocycles. The molecule has 0 spiro atoms. The van der Waals surface area contributed by atoms with Crippen molar-refractivity contribution in [2.45, 2.75) is 6.42 Å². The number of hydrogen-bond donors (Lipinski definition) is 0. The maximum atomic E-state index is 11.8. The summed E-state index contributed by atoms with van der Waals surface area (Å²) in [6.45, 7) is 0.335. The van der Waals surface area contributed by atoms with Crippen LogP contribution in [0.2, 0.25) is 0 Å². The van der Waals surface area contributed by atoms with Gasteiger partial charge in [-0.05, 0) is 48.5 Å². The fourth-order valence-electron chi connectivity index (χ4n) is 2.01. The average molecular weight is 344 g/mol. The first kappa shape index (κ1) is 18.3. The van der Waals surface area contributed by atoms with Crippen LogP contribution < -0.4 is 9.47 Å². The van der Waals surface area contributed by atoms with E-state index >= 15 is 0 Å². The molecule has 0 unspecified atom stereocenters. The Morgan fingerprint density at radius 3 is 1.36 bits per heavy atom. The summed E-state index contributed by atoms with van der Waals surface area (Å²) in [5.74, 6) is 0.484. The first-order valence-corrected chi connectivity index (χ1v) is 7.76. The normalized spacial score (nSPS) is 10.0. The van der Waals surface area contributed by atoms with Crippen molar-refractivity contribution in [3.8, 4) is 11.5 Å². The van der Waals surface area contributed by atoms with Gasteiger partial charge in [0.25, 0.3) is 0 Å². The molecule has 0 amide bonds. The Morgan fingerprint density at radius 2 is 1.04 bits per heavy atom. The average Bonchev–Trinajstić information content (AvgIpc) is 2.67. The minimum Gasteiger partial charge on any atom is -0.497 e. The maximum Gasteiger partial charge on any atom is 0.338 e. The van der Waals surface area contributed by atoms with Crippen LogP contribution in [0.5, 0.6) is 11.5 Å². The Hall–Kier alpha value is -3.02. The van der Waals surface area contributed by atoms with Crippen LogP contribution >= 0.6 is 0 Å². The highest BCUT2D eigenvalue weighted by Gasteiger charge is 2.09. The topological polar surface area (TPSA) is 71.1 Å². The second-order valence-corrected chi connectivity index (χ2v) is 5.08. The number of benzene rings is 2. The predicted molar refractivity (Wildman–Crippen MR) is 91.2 cm³/mol. The Morgan fingerprint density at radius 1 is 0.680 bits per heavy atom. The van der Waals surface area contributed by atoms with Gasteiger partial charge in [0.05, 0.1) is 38.6 Å².